The van der Waals surface area contributed by atoms with Crippen LogP contribution in [0.2, 0.25) is 0 Å². The van der Waals surface area contributed by atoms with Crippen molar-refractivity contribution < 1.29 is 8.42 Å². The minimum Gasteiger partial charge on any atom is -0.206 e. The smallest absolute Gasteiger partial charge is 0.206 e. The Morgan fingerprint density at radius 2 is 2.05 bits per heavy atom. The van der Waals surface area contributed by atoms with Crippen molar-refractivity contribution in [1.82, 2.24) is 4.31 Å². The normalized spacial score (nSPS) is 24.2. The summed E-state index contributed by atoms with van der Waals surface area (Å²) < 4.78 is 27.5. The van der Waals surface area contributed by atoms with Gasteiger partial charge in [-0.1, -0.05) is 19.8 Å². The lowest BCUT2D eigenvalue weighted by Crippen LogP contribution is -2.42. The molecule has 2 atom stereocenters. The molecule has 2 rings (SSSR count). The second-order valence-corrected chi connectivity index (χ2v) is 9.28. The van der Waals surface area contributed by atoms with Crippen molar-refractivity contribution in [3.63, 3.8) is 0 Å². The molecule has 0 bridgehead atoms. The predicted molar refractivity (Wildman–Crippen MR) is 85.0 cm³/mol. The lowest BCUT2D eigenvalue weighted by molar-refractivity contribution is 0.213. The first-order chi connectivity index (χ1) is 9.37. The minimum absolute atomic E-state index is 0.121. The zero-order valence-corrected chi connectivity index (χ0v) is 14.6. The molecule has 1 heterocycles. The van der Waals surface area contributed by atoms with Gasteiger partial charge in [-0.2, -0.15) is 4.31 Å². The van der Waals surface area contributed by atoms with Crippen LogP contribution in [0.15, 0.2) is 10.3 Å². The average Bonchev–Trinajstić information content (AvgIpc) is 2.80. The molecular weight excluding hydrogens is 314 g/mol. The number of hydrogen-bond donors (Lipinski definition) is 0. The summed E-state index contributed by atoms with van der Waals surface area (Å²) in [7, 11) is -1.67. The monoisotopic (exact) mass is 335 g/mol. The Hall–Kier alpha value is -0.100. The maximum atomic E-state index is 12.8. The zero-order chi connectivity index (χ0) is 14.9. The fraction of sp³-hybridized carbons (Fsp3) is 0.714. The van der Waals surface area contributed by atoms with E-state index >= 15 is 0 Å². The van der Waals surface area contributed by atoms with Crippen LogP contribution in [0.1, 0.15) is 43.0 Å². The van der Waals surface area contributed by atoms with Gasteiger partial charge in [0.05, 0.1) is 5.88 Å². The van der Waals surface area contributed by atoms with Gasteiger partial charge >= 0.3 is 0 Å². The van der Waals surface area contributed by atoms with Crippen molar-refractivity contribution in [3.05, 3.63) is 16.5 Å². The van der Waals surface area contributed by atoms with Crippen LogP contribution in [-0.2, 0) is 15.9 Å². The molecule has 0 N–H and O–H groups in total. The molecule has 20 heavy (non-hydrogen) atoms. The lowest BCUT2D eigenvalue weighted by atomic mass is 9.86. The zero-order valence-electron chi connectivity index (χ0n) is 12.2. The molecule has 1 fully saturated rings. The number of hydrogen-bond acceptors (Lipinski definition) is 3. The molecule has 0 spiro atoms. The number of rotatable bonds is 4. The van der Waals surface area contributed by atoms with E-state index in [4.69, 9.17) is 11.6 Å². The Morgan fingerprint density at radius 1 is 1.40 bits per heavy atom. The number of sulfonamides is 1. The van der Waals surface area contributed by atoms with Crippen LogP contribution in [0.5, 0.6) is 0 Å². The molecule has 0 aromatic carbocycles. The van der Waals surface area contributed by atoms with Crippen molar-refractivity contribution in [2.24, 2.45) is 5.92 Å². The van der Waals surface area contributed by atoms with Crippen LogP contribution in [0.25, 0.3) is 0 Å². The van der Waals surface area contributed by atoms with Crippen molar-refractivity contribution >= 4 is 33.0 Å². The Bertz CT molecular complexity index is 568. The molecule has 0 saturated heterocycles. The Morgan fingerprint density at radius 3 is 2.60 bits per heavy atom. The van der Waals surface area contributed by atoms with Crippen molar-refractivity contribution in [2.45, 2.75) is 55.7 Å². The van der Waals surface area contributed by atoms with Crippen molar-refractivity contribution in [1.29, 1.82) is 0 Å². The van der Waals surface area contributed by atoms with E-state index in [1.54, 1.807) is 17.4 Å². The van der Waals surface area contributed by atoms with Gasteiger partial charge in [-0.25, -0.2) is 8.42 Å². The van der Waals surface area contributed by atoms with Gasteiger partial charge in [0.1, 0.15) is 4.21 Å². The van der Waals surface area contributed by atoms with E-state index in [0.717, 1.165) is 29.7 Å². The molecular formula is C14H22ClNO2S2. The minimum atomic E-state index is -3.39. The summed E-state index contributed by atoms with van der Waals surface area (Å²) >= 11 is 7.15. The van der Waals surface area contributed by atoms with Crippen LogP contribution in [0.4, 0.5) is 0 Å². The molecule has 1 saturated carbocycles. The van der Waals surface area contributed by atoms with Crippen LogP contribution in [-0.4, -0.2) is 25.8 Å². The molecule has 3 nitrogen and oxygen atoms in total. The Balaban J connectivity index is 2.28. The highest BCUT2D eigenvalue weighted by atomic mass is 35.5. The van der Waals surface area contributed by atoms with Crippen LogP contribution >= 0.6 is 22.9 Å². The molecule has 0 radical (unpaired) electrons. The Kier molecular flexibility index (Phi) is 5.16. The second kappa shape index (κ2) is 6.34. The van der Waals surface area contributed by atoms with E-state index in [9.17, 15) is 8.42 Å². The number of nitrogens with zero attached hydrogens (tertiary/aromatic N) is 1. The third-order valence-electron chi connectivity index (χ3n) is 4.29. The molecule has 114 valence electrons. The molecule has 1 aliphatic rings. The van der Waals surface area contributed by atoms with E-state index in [2.05, 4.69) is 6.92 Å². The third kappa shape index (κ3) is 3.06. The summed E-state index contributed by atoms with van der Waals surface area (Å²) in [5.41, 5.74) is 0.966. The Labute approximate surface area is 131 Å². The van der Waals surface area contributed by atoms with E-state index in [-0.39, 0.29) is 6.04 Å². The van der Waals surface area contributed by atoms with Gasteiger partial charge < -0.3 is 0 Å². The highest BCUT2D eigenvalue weighted by Gasteiger charge is 2.34. The maximum absolute atomic E-state index is 12.8. The number of alkyl halides is 1. The summed E-state index contributed by atoms with van der Waals surface area (Å²) in [4.78, 5) is 0.940. The molecule has 1 aromatic rings. The number of aryl methyl sites for hydroxylation is 1. The summed E-state index contributed by atoms with van der Waals surface area (Å²) in [6.07, 6.45) is 4.40. The van der Waals surface area contributed by atoms with Crippen LogP contribution in [0, 0.1) is 12.8 Å². The average molecular weight is 336 g/mol. The maximum Gasteiger partial charge on any atom is 0.252 e. The standard InChI is InChI=1S/C14H22ClNO2S2/c1-10-6-4-5-7-12(10)16(3)20(17,18)14-8-11(2)13(9-15)19-14/h8,10,12H,4-7,9H2,1-3H3. The topological polar surface area (TPSA) is 37.4 Å². The predicted octanol–water partition coefficient (Wildman–Crippen LogP) is 3.99. The second-order valence-electron chi connectivity index (χ2n) is 5.66. The van der Waals surface area contributed by atoms with Gasteiger partial charge in [0, 0.05) is 18.0 Å². The van der Waals surface area contributed by atoms with E-state index in [1.165, 1.54) is 17.8 Å². The van der Waals surface area contributed by atoms with Crippen LogP contribution < -0.4 is 0 Å². The van der Waals surface area contributed by atoms with Gasteiger partial charge in [0.15, 0.2) is 0 Å². The number of thiophene rings is 1. The fourth-order valence-corrected chi connectivity index (χ4v) is 6.39. The molecule has 1 aliphatic carbocycles. The molecule has 2 unspecified atom stereocenters. The molecule has 0 aliphatic heterocycles. The summed E-state index contributed by atoms with van der Waals surface area (Å²) in [6.45, 7) is 4.07. The van der Waals surface area contributed by atoms with Gasteiger partial charge in [-0.15, -0.1) is 22.9 Å². The summed E-state index contributed by atoms with van der Waals surface area (Å²) in [5.74, 6) is 0.798. The quantitative estimate of drug-likeness (QED) is 0.780. The van der Waals surface area contributed by atoms with E-state index in [1.807, 2.05) is 6.92 Å². The fourth-order valence-electron chi connectivity index (χ4n) is 2.91. The van der Waals surface area contributed by atoms with Gasteiger partial charge in [0.25, 0.3) is 10.0 Å². The first-order valence-corrected chi connectivity index (χ1v) is 9.80. The van der Waals surface area contributed by atoms with Crippen molar-refractivity contribution in [3.8, 4) is 0 Å². The van der Waals surface area contributed by atoms with E-state index < -0.39 is 10.0 Å². The summed E-state index contributed by atoms with van der Waals surface area (Å²) in [5, 5.41) is 0. The highest BCUT2D eigenvalue weighted by Crippen LogP contribution is 2.34. The van der Waals surface area contributed by atoms with Gasteiger partial charge in [-0.05, 0) is 37.3 Å². The SMILES string of the molecule is Cc1cc(S(=O)(=O)N(C)C2CCCCC2C)sc1CCl. The van der Waals surface area contributed by atoms with Gasteiger partial charge in [0.2, 0.25) is 0 Å². The van der Waals surface area contributed by atoms with Crippen LogP contribution in [0.3, 0.4) is 0 Å². The summed E-state index contributed by atoms with van der Waals surface area (Å²) in [6, 6.07) is 1.87. The number of halogens is 1. The van der Waals surface area contributed by atoms with Gasteiger partial charge in [-0.3, -0.25) is 0 Å². The lowest BCUT2D eigenvalue weighted by Gasteiger charge is -2.35. The highest BCUT2D eigenvalue weighted by molar-refractivity contribution is 7.91. The first kappa shape index (κ1) is 16.3. The van der Waals surface area contributed by atoms with E-state index in [0.29, 0.717) is 16.0 Å². The molecule has 0 amide bonds. The third-order valence-corrected chi connectivity index (χ3v) is 8.28. The molecule has 1 aromatic heterocycles. The molecule has 6 heteroatoms. The largest absolute Gasteiger partial charge is 0.252 e. The first-order valence-electron chi connectivity index (χ1n) is 7.01. The van der Waals surface area contributed by atoms with Crippen molar-refractivity contribution in [2.75, 3.05) is 7.05 Å².